The van der Waals surface area contributed by atoms with Crippen LogP contribution in [0.25, 0.3) is 0 Å². The molecule has 83 heavy (non-hydrogen) atoms. The summed E-state index contributed by atoms with van der Waals surface area (Å²) in [6.07, 6.45) is -66.0. The summed E-state index contributed by atoms with van der Waals surface area (Å²) >= 11 is 0. The van der Waals surface area contributed by atoms with Gasteiger partial charge in [-0.3, -0.25) is 0 Å². The maximum Gasteiger partial charge on any atom is 0.187 e. The van der Waals surface area contributed by atoms with Crippen LogP contribution in [0.4, 0.5) is 0 Å². The van der Waals surface area contributed by atoms with Gasteiger partial charge >= 0.3 is 0 Å². The molecule has 0 spiro atoms. The number of aromatic nitrogens is 1. The van der Waals surface area contributed by atoms with Crippen molar-refractivity contribution in [3.8, 4) is 0 Å². The lowest BCUT2D eigenvalue weighted by Gasteiger charge is -2.50. The molecule has 35 heteroatoms. The number of aliphatic hydroxyl groups excluding tert-OH is 20. The van der Waals surface area contributed by atoms with Gasteiger partial charge in [0.1, 0.15) is 171 Å². The fraction of sp³-hybridized carbons (Fsp3) is 0.896. The molecule has 21 saturated heterocycles. The van der Waals surface area contributed by atoms with Crippen molar-refractivity contribution in [3.05, 3.63) is 30.1 Å². The van der Waals surface area contributed by atoms with E-state index in [2.05, 4.69) is 0 Å². The van der Waals surface area contributed by atoms with Gasteiger partial charge in [0.15, 0.2) is 63.0 Å². The summed E-state index contributed by atoms with van der Waals surface area (Å²) in [7, 11) is 0. The van der Waals surface area contributed by atoms with Crippen LogP contribution in [0.3, 0.4) is 0 Å². The number of aryl methyl sites for hydroxylation is 1. The van der Waals surface area contributed by atoms with Gasteiger partial charge in [0.25, 0.3) is 0 Å². The SMILES string of the molecule is Cc1ccc[n+](C[C@H]2O[C@@H]3O[C@H]4[C@H](O)[C@@H](O)[C@@H](O[C@H]5[C@H](O)[C@@H](O)[C@@H](O[C@H]6[C@H](O)[C@@H](O)[C@@H](O[C@H]7[C@H](O)[C@@H](O)[C@@H](O[C@H]8[C@H](O)[C@@H](O)[C@@H](O[C@H]9[C@H](O)[C@@H](O)[C@@H](O[C@H]2[C@H](O)[C@H]3O)O[C@@H]9CO)O[C@@H]8CO)O[C@@H]7CO)O[C@@H]6CO)O[C@@H]5CO)O[C@@H]4CO)c1. The third-order valence-electron chi connectivity index (χ3n) is 16.0. The average molecular weight is 1210 g/mol. The van der Waals surface area contributed by atoms with E-state index < -0.39 is 255 Å². The predicted octanol–water partition coefficient (Wildman–Crippen LogP) is -13.9. The molecule has 1 aromatic rings. The Hall–Kier alpha value is -2.21. The first-order valence-corrected chi connectivity index (χ1v) is 26.9. The number of pyridine rings is 1. The topological polar surface area (TPSA) is 538 Å². The lowest BCUT2D eigenvalue weighted by molar-refractivity contribution is -0.708. The van der Waals surface area contributed by atoms with Gasteiger partial charge < -0.3 is 168 Å². The average Bonchev–Trinajstić information content (AvgIpc) is 3.19. The summed E-state index contributed by atoms with van der Waals surface area (Å²) in [5.41, 5.74) is 0.735. The van der Waals surface area contributed by atoms with Crippen LogP contribution in [0, 0.1) is 6.92 Å². The second-order valence-corrected chi connectivity index (χ2v) is 21.5. The smallest absolute Gasteiger partial charge is 0.187 e. The Labute approximate surface area is 470 Å². The number of aliphatic hydroxyl groups is 20. The van der Waals surface area contributed by atoms with Gasteiger partial charge in [-0.05, 0) is 13.0 Å². The molecule has 35 nitrogen and oxygen atoms in total. The summed E-state index contributed by atoms with van der Waals surface area (Å²) in [5.74, 6) is 0. The largest absolute Gasteiger partial charge is 0.394 e. The molecule has 0 unspecified atom stereocenters. The van der Waals surface area contributed by atoms with Crippen LogP contribution in [-0.2, 0) is 72.9 Å². The van der Waals surface area contributed by atoms with Crippen LogP contribution in [0.5, 0.6) is 0 Å². The van der Waals surface area contributed by atoms with Crippen molar-refractivity contribution in [2.24, 2.45) is 0 Å². The van der Waals surface area contributed by atoms with Crippen molar-refractivity contribution >= 4 is 0 Å². The Bertz CT molecular complexity index is 2180. The van der Waals surface area contributed by atoms with Crippen LogP contribution < -0.4 is 4.57 Å². The zero-order valence-electron chi connectivity index (χ0n) is 44.1. The number of nitrogens with zero attached hydrogens (tertiary/aromatic N) is 1. The van der Waals surface area contributed by atoms with Crippen LogP contribution in [0.2, 0.25) is 0 Å². The minimum atomic E-state index is -2.20. The van der Waals surface area contributed by atoms with E-state index in [-0.39, 0.29) is 6.54 Å². The molecule has 0 radical (unpaired) electrons. The van der Waals surface area contributed by atoms with Gasteiger partial charge in [-0.2, -0.15) is 0 Å². The fourth-order valence-corrected chi connectivity index (χ4v) is 11.4. The maximum absolute atomic E-state index is 11.8. The zero-order valence-corrected chi connectivity index (χ0v) is 44.1. The molecule has 21 aliphatic rings. The van der Waals surface area contributed by atoms with Crippen molar-refractivity contribution < 1.29 is 173 Å². The third kappa shape index (κ3) is 13.1. The predicted molar refractivity (Wildman–Crippen MR) is 253 cm³/mol. The second-order valence-electron chi connectivity index (χ2n) is 21.5. The highest BCUT2D eigenvalue weighted by molar-refractivity contribution is 5.03. The van der Waals surface area contributed by atoms with Crippen molar-refractivity contribution in [3.63, 3.8) is 0 Å². The Morgan fingerprint density at radius 2 is 0.482 bits per heavy atom. The van der Waals surface area contributed by atoms with E-state index >= 15 is 0 Å². The Morgan fingerprint density at radius 3 is 0.675 bits per heavy atom. The first-order chi connectivity index (χ1) is 39.6. The fourth-order valence-electron chi connectivity index (χ4n) is 11.4. The normalized spacial score (nSPS) is 52.2. The van der Waals surface area contributed by atoms with E-state index in [0.717, 1.165) is 5.56 Å². The van der Waals surface area contributed by atoms with Crippen LogP contribution in [0.1, 0.15) is 5.56 Å². The number of hydrogen-bond acceptors (Lipinski definition) is 34. The second kappa shape index (κ2) is 27.7. The van der Waals surface area contributed by atoms with Gasteiger partial charge in [-0.25, -0.2) is 4.57 Å². The van der Waals surface area contributed by atoms with E-state index in [9.17, 15) is 102 Å². The van der Waals surface area contributed by atoms with Gasteiger partial charge in [-0.15, -0.1) is 0 Å². The van der Waals surface area contributed by atoms with Crippen LogP contribution in [0.15, 0.2) is 24.5 Å². The number of rotatable bonds is 8. The van der Waals surface area contributed by atoms with E-state index in [4.69, 9.17) is 66.3 Å². The number of ether oxygens (including phenoxy) is 14. The Balaban J connectivity index is 1.02. The molecular weight excluding hydrogens is 1130 g/mol. The molecule has 0 amide bonds. The lowest BCUT2D eigenvalue weighted by Crippen LogP contribution is -2.68. The summed E-state index contributed by atoms with van der Waals surface area (Å²) in [5, 5.41) is 223. The summed E-state index contributed by atoms with van der Waals surface area (Å²) in [6.45, 7) is -4.68. The summed E-state index contributed by atoms with van der Waals surface area (Å²) in [6, 6.07) is 3.41. The highest BCUT2D eigenvalue weighted by Gasteiger charge is 2.60. The van der Waals surface area contributed by atoms with Crippen molar-refractivity contribution in [2.45, 2.75) is 228 Å². The van der Waals surface area contributed by atoms with Gasteiger partial charge in [-0.1, -0.05) is 0 Å². The summed E-state index contributed by atoms with van der Waals surface area (Å²) in [4.78, 5) is 0. The van der Waals surface area contributed by atoms with E-state index in [0.29, 0.717) is 0 Å². The zero-order chi connectivity index (χ0) is 60.0. The molecule has 21 fully saturated rings. The molecule has 476 valence electrons. The minimum Gasteiger partial charge on any atom is -0.394 e. The molecular formula is C48H76NO34+. The minimum absolute atomic E-state index is 0.240. The molecule has 1 aromatic heterocycles. The van der Waals surface area contributed by atoms with E-state index in [1.807, 2.05) is 0 Å². The molecule has 0 aromatic carbocycles. The standard InChI is InChI=1S/C48H76NO34/c1-13-3-2-4-49(5-13)6-14-35-21(56)28(63)42(70-14)78-36-15(7-50)72-44(30(65)23(36)58)80-38-17(9-52)74-46(32(67)25(38)60)82-40-19(11-54)76-48(34(69)27(40)62)83-41-20(12-55)75-47(33(68)26(41)61)81-39-18(10-53)73-45(31(66)24(39)59)79-37-16(8-51)71-43(77-35)29(64)22(37)57/h2-5,14-48,50-69H,6-12H2,1H3/q+1/t14-,15-,16-,17-,18-,19-,20-,21-,22-,23-,24-,25-,26-,27-,28-,29-,30-,31-,32-,33-,34-,35-,36-,37-,38-,39-,40-,41-,42-,43-,44-,45-,46-,47-,48-/m1/s1. The first kappa shape index (κ1) is 65.2. The first-order valence-electron chi connectivity index (χ1n) is 26.9. The molecule has 0 aliphatic carbocycles. The van der Waals surface area contributed by atoms with Crippen molar-refractivity contribution in [2.75, 3.05) is 39.6 Å². The van der Waals surface area contributed by atoms with Crippen LogP contribution >= 0.6 is 0 Å². The maximum atomic E-state index is 11.8. The van der Waals surface area contributed by atoms with Crippen LogP contribution in [-0.4, -0.2) is 357 Å². The molecule has 0 saturated carbocycles. The van der Waals surface area contributed by atoms with Crippen molar-refractivity contribution in [1.29, 1.82) is 0 Å². The van der Waals surface area contributed by atoms with Gasteiger partial charge in [0, 0.05) is 11.6 Å². The quantitative estimate of drug-likeness (QED) is 0.107. The number of hydrogen-bond donors (Lipinski definition) is 20. The van der Waals surface area contributed by atoms with Crippen molar-refractivity contribution in [1.82, 2.24) is 0 Å². The van der Waals surface area contributed by atoms with Gasteiger partial charge in [0.2, 0.25) is 0 Å². The molecule has 14 bridgehead atoms. The third-order valence-corrected chi connectivity index (χ3v) is 16.0. The molecule has 35 atom stereocenters. The highest BCUT2D eigenvalue weighted by atomic mass is 16.8. The highest BCUT2D eigenvalue weighted by Crippen LogP contribution is 2.39. The lowest BCUT2D eigenvalue weighted by atomic mass is 9.95. The summed E-state index contributed by atoms with van der Waals surface area (Å²) < 4.78 is 83.0. The van der Waals surface area contributed by atoms with E-state index in [1.54, 1.807) is 36.0 Å². The van der Waals surface area contributed by atoms with Gasteiger partial charge in [0.05, 0.1) is 39.6 Å². The Morgan fingerprint density at radius 1 is 0.289 bits per heavy atom. The Kier molecular flexibility index (Phi) is 21.8. The van der Waals surface area contributed by atoms with E-state index in [1.165, 1.54) is 0 Å². The molecule has 21 aliphatic heterocycles. The monoisotopic (exact) mass is 1210 g/mol. The molecule has 20 N–H and O–H groups in total. The molecule has 22 rings (SSSR count). The molecule has 22 heterocycles.